The van der Waals surface area contributed by atoms with Crippen LogP contribution in [0.3, 0.4) is 0 Å². The predicted octanol–water partition coefficient (Wildman–Crippen LogP) is 4.78. The van der Waals surface area contributed by atoms with E-state index in [1.807, 2.05) is 6.33 Å². The van der Waals surface area contributed by atoms with Crippen LogP contribution in [0.15, 0.2) is 48.3 Å². The minimum atomic E-state index is -0.226. The third-order valence-corrected chi connectivity index (χ3v) is 9.34. The first-order chi connectivity index (χ1) is 14.6. The van der Waals surface area contributed by atoms with Crippen molar-refractivity contribution in [2.75, 3.05) is 6.61 Å². The maximum absolute atomic E-state index is 10.6. The minimum absolute atomic E-state index is 0.0894. The van der Waals surface area contributed by atoms with Gasteiger partial charge >= 0.3 is 0 Å². The third-order valence-electron chi connectivity index (χ3n) is 9.34. The Hall–Kier alpha value is -1.91. The van der Waals surface area contributed by atoms with Crippen molar-refractivity contribution in [1.29, 1.82) is 0 Å². The topological polar surface area (TPSA) is 58.3 Å². The smallest absolute Gasteiger partial charge is 0.100 e. The van der Waals surface area contributed by atoms with Gasteiger partial charge in [-0.3, -0.25) is 0 Å². The lowest BCUT2D eigenvalue weighted by atomic mass is 9.47. The van der Waals surface area contributed by atoms with Gasteiger partial charge in [0.1, 0.15) is 6.33 Å². The third kappa shape index (κ3) is 2.38. The number of hydrogen-bond acceptors (Lipinski definition) is 3. The maximum Gasteiger partial charge on any atom is 0.100 e. The van der Waals surface area contributed by atoms with E-state index in [9.17, 15) is 10.2 Å². The molecule has 0 bridgehead atoms. The molecule has 4 aliphatic rings. The fourth-order valence-electron chi connectivity index (χ4n) is 7.80. The minimum Gasteiger partial charge on any atom is -0.395 e. The van der Waals surface area contributed by atoms with Gasteiger partial charge in [-0.1, -0.05) is 36.8 Å². The van der Waals surface area contributed by atoms with Crippen LogP contribution < -0.4 is 0 Å². The number of imidazole rings is 1. The fourth-order valence-corrected chi connectivity index (χ4v) is 7.80. The lowest BCUT2D eigenvalue weighted by Crippen LogP contribution is -2.52. The monoisotopic (exact) mass is 404 g/mol. The first kappa shape index (κ1) is 18.8. The molecular formula is C26H32N2O2. The van der Waals surface area contributed by atoms with Crippen molar-refractivity contribution in [3.63, 3.8) is 0 Å². The predicted molar refractivity (Wildman–Crippen MR) is 119 cm³/mol. The number of aromatic nitrogens is 2. The number of benzene rings is 1. The molecule has 4 aliphatic carbocycles. The van der Waals surface area contributed by atoms with Gasteiger partial charge in [0.05, 0.1) is 23.7 Å². The van der Waals surface area contributed by atoms with Crippen molar-refractivity contribution < 1.29 is 10.2 Å². The van der Waals surface area contributed by atoms with E-state index in [1.165, 1.54) is 16.8 Å². The molecule has 0 spiro atoms. The molecule has 4 nitrogen and oxygen atoms in total. The van der Waals surface area contributed by atoms with Gasteiger partial charge in [-0.15, -0.1) is 0 Å². The Morgan fingerprint density at radius 1 is 1.10 bits per heavy atom. The highest BCUT2D eigenvalue weighted by atomic mass is 16.3. The van der Waals surface area contributed by atoms with Gasteiger partial charge in [0.15, 0.2) is 0 Å². The largest absolute Gasteiger partial charge is 0.395 e. The number of hydrogen-bond donors (Lipinski definition) is 2. The van der Waals surface area contributed by atoms with Crippen molar-refractivity contribution >= 4 is 16.7 Å². The molecule has 1 aromatic carbocycles. The van der Waals surface area contributed by atoms with Crippen LogP contribution in [-0.2, 0) is 0 Å². The molecule has 2 saturated carbocycles. The Balaban J connectivity index is 1.37. The van der Waals surface area contributed by atoms with Crippen LogP contribution in [0.2, 0.25) is 0 Å². The Morgan fingerprint density at radius 3 is 2.83 bits per heavy atom. The molecule has 3 unspecified atom stereocenters. The molecule has 1 heterocycles. The van der Waals surface area contributed by atoms with Crippen molar-refractivity contribution in [1.82, 2.24) is 9.55 Å². The second kappa shape index (κ2) is 6.54. The SMILES string of the molecule is C[C@]12CCC3C(CC=C4C[C@@H](O)CC[C@@]43CO)C1CC=C2n1cnc2ccccc21. The van der Waals surface area contributed by atoms with Crippen molar-refractivity contribution in [3.05, 3.63) is 48.3 Å². The summed E-state index contributed by atoms with van der Waals surface area (Å²) in [5.74, 6) is 1.76. The van der Waals surface area contributed by atoms with E-state index in [-0.39, 0.29) is 23.5 Å². The molecular weight excluding hydrogens is 372 g/mol. The molecule has 0 radical (unpaired) electrons. The van der Waals surface area contributed by atoms with E-state index in [4.69, 9.17) is 0 Å². The molecule has 0 saturated heterocycles. The van der Waals surface area contributed by atoms with Crippen LogP contribution in [0.4, 0.5) is 0 Å². The fraction of sp³-hybridized carbons (Fsp3) is 0.577. The van der Waals surface area contributed by atoms with Crippen molar-refractivity contribution in [2.45, 2.75) is 58.0 Å². The van der Waals surface area contributed by atoms with Crippen LogP contribution in [0.25, 0.3) is 16.7 Å². The highest BCUT2D eigenvalue weighted by Gasteiger charge is 2.58. The van der Waals surface area contributed by atoms with Crippen LogP contribution in [-0.4, -0.2) is 32.5 Å². The number of nitrogens with zero attached hydrogens (tertiary/aromatic N) is 2. The van der Waals surface area contributed by atoms with Gasteiger partial charge < -0.3 is 14.8 Å². The second-order valence-electron chi connectivity index (χ2n) is 10.4. The molecule has 2 fully saturated rings. The summed E-state index contributed by atoms with van der Waals surface area (Å²) in [6, 6.07) is 8.42. The zero-order valence-electron chi connectivity index (χ0n) is 17.8. The Morgan fingerprint density at radius 2 is 1.97 bits per heavy atom. The van der Waals surface area contributed by atoms with Crippen LogP contribution in [0.5, 0.6) is 0 Å². The summed E-state index contributed by atoms with van der Waals surface area (Å²) in [6.45, 7) is 2.71. The zero-order chi connectivity index (χ0) is 20.5. The van der Waals surface area contributed by atoms with Crippen molar-refractivity contribution in [2.24, 2.45) is 28.6 Å². The molecule has 4 heteroatoms. The maximum atomic E-state index is 10.6. The quantitative estimate of drug-likeness (QED) is 0.708. The van der Waals surface area contributed by atoms with Gasteiger partial charge in [-0.05, 0) is 74.8 Å². The number of para-hydroxylation sites is 2. The highest BCUT2D eigenvalue weighted by molar-refractivity contribution is 5.80. The van der Waals surface area contributed by atoms with Crippen LogP contribution in [0, 0.1) is 28.6 Å². The number of allylic oxidation sites excluding steroid dienone is 3. The zero-order valence-corrected chi connectivity index (χ0v) is 17.8. The van der Waals surface area contributed by atoms with E-state index >= 15 is 0 Å². The summed E-state index contributed by atoms with van der Waals surface area (Å²) in [4.78, 5) is 4.65. The average molecular weight is 405 g/mol. The number of aliphatic hydroxyl groups excluding tert-OH is 2. The molecule has 6 atom stereocenters. The summed E-state index contributed by atoms with van der Waals surface area (Å²) in [7, 11) is 0. The number of aliphatic hydroxyl groups is 2. The molecule has 1 aromatic heterocycles. The van der Waals surface area contributed by atoms with Crippen LogP contribution >= 0.6 is 0 Å². The summed E-state index contributed by atoms with van der Waals surface area (Å²) in [5, 5.41) is 20.8. The van der Waals surface area contributed by atoms with Gasteiger partial charge in [-0.25, -0.2) is 4.98 Å². The molecule has 2 N–H and O–H groups in total. The van der Waals surface area contributed by atoms with Gasteiger partial charge in [0, 0.05) is 16.5 Å². The summed E-state index contributed by atoms with van der Waals surface area (Å²) in [5.41, 5.74) is 5.09. The Labute approximate surface area is 178 Å². The van der Waals surface area contributed by atoms with Crippen LogP contribution in [0.1, 0.15) is 51.9 Å². The number of rotatable bonds is 2. The van der Waals surface area contributed by atoms with E-state index in [1.54, 1.807) is 0 Å². The standard InChI is InChI=1S/C26H32N2O2/c1-25-12-11-21-19(7-6-17-14-18(30)10-13-26(17,21)15-29)20(25)8-9-24(25)28-16-27-22-4-2-3-5-23(22)28/h2-6,9,16,18-21,29-30H,7-8,10-15H2,1H3/t18-,19?,20?,21?,25-,26+/m0/s1. The lowest BCUT2D eigenvalue weighted by Gasteiger charge is -2.58. The molecule has 158 valence electrons. The van der Waals surface area contributed by atoms with E-state index in [0.29, 0.717) is 17.8 Å². The lowest BCUT2D eigenvalue weighted by molar-refractivity contribution is -0.0570. The average Bonchev–Trinajstić information content (AvgIpc) is 3.33. The second-order valence-corrected chi connectivity index (χ2v) is 10.4. The molecule has 2 aromatic rings. The summed E-state index contributed by atoms with van der Waals surface area (Å²) < 4.78 is 2.33. The van der Waals surface area contributed by atoms with E-state index in [2.05, 4.69) is 52.9 Å². The van der Waals surface area contributed by atoms with E-state index < -0.39 is 0 Å². The molecule has 6 rings (SSSR count). The normalized spacial score (nSPS) is 40.4. The molecule has 30 heavy (non-hydrogen) atoms. The first-order valence-electron chi connectivity index (χ1n) is 11.7. The summed E-state index contributed by atoms with van der Waals surface area (Å²) >= 11 is 0. The first-order valence-corrected chi connectivity index (χ1v) is 11.7. The number of fused-ring (bicyclic) bond motifs is 6. The van der Waals surface area contributed by atoms with Crippen molar-refractivity contribution in [3.8, 4) is 0 Å². The van der Waals surface area contributed by atoms with Gasteiger partial charge in [0.25, 0.3) is 0 Å². The Kier molecular flexibility index (Phi) is 4.11. The Bertz CT molecular complexity index is 1050. The van der Waals surface area contributed by atoms with E-state index in [0.717, 1.165) is 50.5 Å². The molecule has 0 amide bonds. The van der Waals surface area contributed by atoms with Gasteiger partial charge in [-0.2, -0.15) is 0 Å². The van der Waals surface area contributed by atoms with Gasteiger partial charge in [0.2, 0.25) is 0 Å². The molecule has 0 aliphatic heterocycles. The highest BCUT2D eigenvalue weighted by Crippen LogP contribution is 2.65. The summed E-state index contributed by atoms with van der Waals surface area (Å²) in [6.07, 6.45) is 13.7.